The largest absolute Gasteiger partial charge is 0.296 e. The van der Waals surface area contributed by atoms with Crippen molar-refractivity contribution < 1.29 is 4.39 Å². The van der Waals surface area contributed by atoms with Gasteiger partial charge in [-0.1, -0.05) is 31.9 Å². The quantitative estimate of drug-likeness (QED) is 0.757. The van der Waals surface area contributed by atoms with Gasteiger partial charge in [0.05, 0.1) is 0 Å². The molecule has 1 saturated heterocycles. The van der Waals surface area contributed by atoms with Gasteiger partial charge in [-0.2, -0.15) is 0 Å². The van der Waals surface area contributed by atoms with E-state index < -0.39 is 0 Å². The summed E-state index contributed by atoms with van der Waals surface area (Å²) in [5.74, 6) is -0.135. The zero-order chi connectivity index (χ0) is 12.1. The predicted octanol–water partition coefficient (Wildman–Crippen LogP) is 4.15. The molecule has 0 N–H and O–H groups in total. The SMILES string of the molecule is CCCCN1CCCC[C@@H]1c1ccc(F)cc1. The van der Waals surface area contributed by atoms with Crippen LogP contribution in [0.15, 0.2) is 24.3 Å². The van der Waals surface area contributed by atoms with E-state index in [1.807, 2.05) is 12.1 Å². The summed E-state index contributed by atoms with van der Waals surface area (Å²) in [6.07, 6.45) is 6.33. The number of hydrogen-bond acceptors (Lipinski definition) is 1. The minimum Gasteiger partial charge on any atom is -0.296 e. The second-order valence-corrected chi connectivity index (χ2v) is 4.95. The second-order valence-electron chi connectivity index (χ2n) is 4.95. The molecule has 1 fully saturated rings. The maximum absolute atomic E-state index is 12.9. The summed E-state index contributed by atoms with van der Waals surface area (Å²) in [6, 6.07) is 7.58. The van der Waals surface area contributed by atoms with E-state index in [0.717, 1.165) is 0 Å². The Bertz CT molecular complexity index is 333. The number of rotatable bonds is 4. The maximum atomic E-state index is 12.9. The van der Waals surface area contributed by atoms with E-state index in [1.165, 1.54) is 50.8 Å². The van der Waals surface area contributed by atoms with Crippen molar-refractivity contribution in [3.8, 4) is 0 Å². The van der Waals surface area contributed by atoms with Gasteiger partial charge in [0.15, 0.2) is 0 Å². The summed E-state index contributed by atoms with van der Waals surface area (Å²) >= 11 is 0. The minimum absolute atomic E-state index is 0.135. The van der Waals surface area contributed by atoms with Gasteiger partial charge in [0.1, 0.15) is 5.82 Å². The number of hydrogen-bond donors (Lipinski definition) is 0. The lowest BCUT2D eigenvalue weighted by atomic mass is 9.95. The van der Waals surface area contributed by atoms with Crippen molar-refractivity contribution in [2.45, 2.75) is 45.1 Å². The van der Waals surface area contributed by atoms with Gasteiger partial charge in [-0.3, -0.25) is 4.90 Å². The van der Waals surface area contributed by atoms with Crippen LogP contribution >= 0.6 is 0 Å². The fourth-order valence-electron chi connectivity index (χ4n) is 2.68. The third-order valence-corrected chi connectivity index (χ3v) is 3.67. The summed E-state index contributed by atoms with van der Waals surface area (Å²) < 4.78 is 12.9. The minimum atomic E-state index is -0.135. The Morgan fingerprint density at radius 1 is 1.24 bits per heavy atom. The molecule has 1 aromatic rings. The van der Waals surface area contributed by atoms with Gasteiger partial charge in [-0.25, -0.2) is 4.39 Å². The molecule has 2 rings (SSSR count). The lowest BCUT2D eigenvalue weighted by Gasteiger charge is -2.36. The molecule has 0 unspecified atom stereocenters. The van der Waals surface area contributed by atoms with Crippen molar-refractivity contribution in [1.82, 2.24) is 4.90 Å². The monoisotopic (exact) mass is 235 g/mol. The van der Waals surface area contributed by atoms with Gasteiger partial charge in [0.2, 0.25) is 0 Å². The maximum Gasteiger partial charge on any atom is 0.123 e. The number of halogens is 1. The van der Waals surface area contributed by atoms with Gasteiger partial charge < -0.3 is 0 Å². The Labute approximate surface area is 104 Å². The first-order valence-corrected chi connectivity index (χ1v) is 6.81. The first-order valence-electron chi connectivity index (χ1n) is 6.81. The lowest BCUT2D eigenvalue weighted by Crippen LogP contribution is -2.34. The molecule has 1 atom stereocenters. The first-order chi connectivity index (χ1) is 8.31. The summed E-state index contributed by atoms with van der Waals surface area (Å²) in [5, 5.41) is 0. The molecule has 17 heavy (non-hydrogen) atoms. The number of piperidine rings is 1. The van der Waals surface area contributed by atoms with E-state index in [9.17, 15) is 4.39 Å². The van der Waals surface area contributed by atoms with E-state index in [1.54, 1.807) is 12.1 Å². The van der Waals surface area contributed by atoms with Crippen LogP contribution in [0.3, 0.4) is 0 Å². The summed E-state index contributed by atoms with van der Waals surface area (Å²) in [7, 11) is 0. The second kappa shape index (κ2) is 6.15. The van der Waals surface area contributed by atoms with E-state index in [-0.39, 0.29) is 5.82 Å². The molecule has 1 heterocycles. The average Bonchev–Trinajstić information content (AvgIpc) is 2.38. The molecular weight excluding hydrogens is 213 g/mol. The smallest absolute Gasteiger partial charge is 0.123 e. The van der Waals surface area contributed by atoms with Crippen molar-refractivity contribution in [1.29, 1.82) is 0 Å². The summed E-state index contributed by atoms with van der Waals surface area (Å²) in [6.45, 7) is 4.61. The number of nitrogens with zero attached hydrogens (tertiary/aromatic N) is 1. The molecule has 0 aromatic heterocycles. The fraction of sp³-hybridized carbons (Fsp3) is 0.600. The van der Waals surface area contributed by atoms with Crippen LogP contribution in [0.5, 0.6) is 0 Å². The molecule has 0 saturated carbocycles. The third-order valence-electron chi connectivity index (χ3n) is 3.67. The Kier molecular flexibility index (Phi) is 4.55. The Morgan fingerprint density at radius 3 is 2.71 bits per heavy atom. The average molecular weight is 235 g/mol. The molecule has 0 spiro atoms. The highest BCUT2D eigenvalue weighted by Crippen LogP contribution is 2.30. The molecule has 0 amide bonds. The molecule has 2 heteroatoms. The molecule has 0 radical (unpaired) electrons. The molecule has 1 aliphatic heterocycles. The van der Waals surface area contributed by atoms with Crippen LogP contribution in [-0.2, 0) is 0 Å². The van der Waals surface area contributed by atoms with Gasteiger partial charge in [0, 0.05) is 6.04 Å². The highest BCUT2D eigenvalue weighted by atomic mass is 19.1. The fourth-order valence-corrected chi connectivity index (χ4v) is 2.68. The Hall–Kier alpha value is -0.890. The van der Waals surface area contributed by atoms with E-state index >= 15 is 0 Å². The van der Waals surface area contributed by atoms with Crippen LogP contribution in [0, 0.1) is 5.82 Å². The van der Waals surface area contributed by atoms with Gasteiger partial charge in [-0.05, 0) is 50.0 Å². The molecular formula is C15H22FN. The normalized spacial score (nSPS) is 21.6. The molecule has 1 aromatic carbocycles. The van der Waals surface area contributed by atoms with Crippen molar-refractivity contribution in [3.05, 3.63) is 35.6 Å². The Balaban J connectivity index is 2.07. The third kappa shape index (κ3) is 3.29. The van der Waals surface area contributed by atoms with E-state index in [0.29, 0.717) is 6.04 Å². The zero-order valence-corrected chi connectivity index (χ0v) is 10.7. The highest BCUT2D eigenvalue weighted by molar-refractivity contribution is 5.20. The lowest BCUT2D eigenvalue weighted by molar-refractivity contribution is 0.146. The van der Waals surface area contributed by atoms with Crippen LogP contribution in [0.1, 0.15) is 50.6 Å². The van der Waals surface area contributed by atoms with Crippen molar-refractivity contribution in [3.63, 3.8) is 0 Å². The topological polar surface area (TPSA) is 3.24 Å². The van der Waals surface area contributed by atoms with Gasteiger partial charge in [-0.15, -0.1) is 0 Å². The predicted molar refractivity (Wildman–Crippen MR) is 69.5 cm³/mol. The standard InChI is InChI=1S/C15H22FN/c1-2-3-11-17-12-5-4-6-15(17)13-7-9-14(16)10-8-13/h7-10,15H,2-6,11-12H2,1H3/t15-/m1/s1. The van der Waals surface area contributed by atoms with Crippen LogP contribution < -0.4 is 0 Å². The van der Waals surface area contributed by atoms with E-state index in [4.69, 9.17) is 0 Å². The van der Waals surface area contributed by atoms with Crippen LogP contribution in [0.25, 0.3) is 0 Å². The molecule has 0 bridgehead atoms. The van der Waals surface area contributed by atoms with Crippen LogP contribution in [0.4, 0.5) is 4.39 Å². The van der Waals surface area contributed by atoms with Crippen molar-refractivity contribution >= 4 is 0 Å². The number of benzene rings is 1. The van der Waals surface area contributed by atoms with Gasteiger partial charge >= 0.3 is 0 Å². The first kappa shape index (κ1) is 12.6. The van der Waals surface area contributed by atoms with Gasteiger partial charge in [0.25, 0.3) is 0 Å². The summed E-state index contributed by atoms with van der Waals surface area (Å²) in [4.78, 5) is 2.57. The molecule has 1 aliphatic rings. The molecule has 1 nitrogen and oxygen atoms in total. The van der Waals surface area contributed by atoms with Crippen LogP contribution in [0.2, 0.25) is 0 Å². The molecule has 0 aliphatic carbocycles. The summed E-state index contributed by atoms with van der Waals surface area (Å²) in [5.41, 5.74) is 1.28. The number of unbranched alkanes of at least 4 members (excludes halogenated alkanes) is 1. The van der Waals surface area contributed by atoms with Crippen molar-refractivity contribution in [2.75, 3.05) is 13.1 Å². The van der Waals surface area contributed by atoms with Crippen LogP contribution in [-0.4, -0.2) is 18.0 Å². The zero-order valence-electron chi connectivity index (χ0n) is 10.7. The Morgan fingerprint density at radius 2 is 2.00 bits per heavy atom. The molecule has 94 valence electrons. The highest BCUT2D eigenvalue weighted by Gasteiger charge is 2.22. The van der Waals surface area contributed by atoms with E-state index in [2.05, 4.69) is 11.8 Å². The van der Waals surface area contributed by atoms with Crippen molar-refractivity contribution in [2.24, 2.45) is 0 Å². The number of likely N-dealkylation sites (tertiary alicyclic amines) is 1.